The summed E-state index contributed by atoms with van der Waals surface area (Å²) < 4.78 is 10.3. The van der Waals surface area contributed by atoms with E-state index in [0.717, 1.165) is 0 Å². The van der Waals surface area contributed by atoms with Crippen LogP contribution in [0.3, 0.4) is 0 Å². The topological polar surface area (TPSA) is 52.6 Å². The molecule has 0 spiro atoms. The number of methoxy groups -OCH3 is 1. The van der Waals surface area contributed by atoms with Crippen LogP contribution in [0.25, 0.3) is 0 Å². The Bertz CT molecular complexity index is 673. The van der Waals surface area contributed by atoms with Crippen LogP contribution >= 0.6 is 0 Å². The van der Waals surface area contributed by atoms with E-state index in [1.165, 1.54) is 0 Å². The van der Waals surface area contributed by atoms with Gasteiger partial charge in [-0.15, -0.1) is 0 Å². The molecule has 1 aliphatic heterocycles. The lowest BCUT2D eigenvalue weighted by atomic mass is 9.93. The first-order valence-electron chi connectivity index (χ1n) is 6.19. The third-order valence-electron chi connectivity index (χ3n) is 3.29. The summed E-state index contributed by atoms with van der Waals surface area (Å²) in [5.74, 6) is 0.00937. The van der Waals surface area contributed by atoms with Crippen LogP contribution in [0.2, 0.25) is 0 Å². The molecule has 4 heteroatoms. The molecule has 0 aliphatic carbocycles. The molecule has 0 radical (unpaired) electrons. The van der Waals surface area contributed by atoms with Crippen LogP contribution in [0, 0.1) is 0 Å². The number of carbonyl (C=O) groups excluding carboxylic acids is 2. The normalized spacial score (nSPS) is 17.4. The number of hydrogen-bond donors (Lipinski definition) is 0. The van der Waals surface area contributed by atoms with Gasteiger partial charge < -0.3 is 9.47 Å². The first-order chi connectivity index (χ1) is 9.70. The molecule has 0 fully saturated rings. The van der Waals surface area contributed by atoms with E-state index in [9.17, 15) is 9.59 Å². The molecule has 0 saturated carbocycles. The summed E-state index contributed by atoms with van der Waals surface area (Å²) >= 11 is 0. The largest absolute Gasteiger partial charge is 0.497 e. The lowest BCUT2D eigenvalue weighted by Gasteiger charge is -2.23. The van der Waals surface area contributed by atoms with Gasteiger partial charge in [0.25, 0.3) is 0 Å². The number of fused-ring (bicyclic) bond motifs is 1. The number of ether oxygens (including phenoxy) is 2. The number of hydrogen-bond acceptors (Lipinski definition) is 4. The third kappa shape index (κ3) is 1.95. The van der Waals surface area contributed by atoms with Gasteiger partial charge in [-0.1, -0.05) is 30.3 Å². The van der Waals surface area contributed by atoms with Crippen molar-refractivity contribution in [3.05, 3.63) is 65.2 Å². The van der Waals surface area contributed by atoms with Crippen LogP contribution in [0.1, 0.15) is 32.4 Å². The fourth-order valence-electron chi connectivity index (χ4n) is 2.24. The average molecular weight is 268 g/mol. The number of carbonyl (C=O) groups is 2. The van der Waals surface area contributed by atoms with E-state index in [1.54, 1.807) is 55.6 Å². The molecule has 4 nitrogen and oxygen atoms in total. The van der Waals surface area contributed by atoms with Crippen LogP contribution < -0.4 is 4.74 Å². The molecule has 2 aromatic carbocycles. The van der Waals surface area contributed by atoms with E-state index in [1.807, 2.05) is 0 Å². The molecular formula is C16H12O4. The third-order valence-corrected chi connectivity index (χ3v) is 3.29. The second kappa shape index (κ2) is 4.81. The van der Waals surface area contributed by atoms with E-state index in [4.69, 9.17) is 9.47 Å². The minimum atomic E-state index is -0.886. The van der Waals surface area contributed by atoms with Gasteiger partial charge in [0.2, 0.25) is 5.78 Å². The zero-order valence-corrected chi connectivity index (χ0v) is 10.8. The van der Waals surface area contributed by atoms with Gasteiger partial charge in [-0.05, 0) is 18.2 Å². The molecule has 0 bridgehead atoms. The fraction of sp³-hybridized carbons (Fsp3) is 0.125. The van der Waals surface area contributed by atoms with E-state index in [-0.39, 0.29) is 5.78 Å². The summed E-state index contributed by atoms with van der Waals surface area (Å²) in [5, 5.41) is 0. The smallest absolute Gasteiger partial charge is 0.339 e. The van der Waals surface area contributed by atoms with Crippen LogP contribution in [0.4, 0.5) is 0 Å². The van der Waals surface area contributed by atoms with Gasteiger partial charge in [-0.25, -0.2) is 4.79 Å². The minimum Gasteiger partial charge on any atom is -0.497 e. The van der Waals surface area contributed by atoms with Crippen LogP contribution in [-0.4, -0.2) is 18.9 Å². The molecule has 0 unspecified atom stereocenters. The highest BCUT2D eigenvalue weighted by molar-refractivity contribution is 6.12. The Morgan fingerprint density at radius 1 is 0.950 bits per heavy atom. The van der Waals surface area contributed by atoms with E-state index in [2.05, 4.69) is 0 Å². The van der Waals surface area contributed by atoms with Gasteiger partial charge in [0, 0.05) is 11.1 Å². The Hall–Kier alpha value is -2.62. The van der Waals surface area contributed by atoms with Gasteiger partial charge in [0.15, 0.2) is 6.10 Å². The highest BCUT2D eigenvalue weighted by atomic mass is 16.5. The molecule has 0 saturated heterocycles. The van der Waals surface area contributed by atoms with Crippen LogP contribution in [-0.2, 0) is 4.74 Å². The highest BCUT2D eigenvalue weighted by Crippen LogP contribution is 2.31. The molecular weight excluding hydrogens is 256 g/mol. The quantitative estimate of drug-likeness (QED) is 0.786. The lowest BCUT2D eigenvalue weighted by Crippen LogP contribution is -2.27. The Kier molecular flexibility index (Phi) is 2.99. The van der Waals surface area contributed by atoms with E-state index >= 15 is 0 Å². The lowest BCUT2D eigenvalue weighted by molar-refractivity contribution is 0.0242. The molecule has 0 aromatic heterocycles. The Labute approximate surface area is 115 Å². The summed E-state index contributed by atoms with van der Waals surface area (Å²) in [6.07, 6.45) is -0.886. The van der Waals surface area contributed by atoms with Crippen molar-refractivity contribution >= 4 is 11.8 Å². The van der Waals surface area contributed by atoms with E-state index in [0.29, 0.717) is 22.4 Å². The summed E-state index contributed by atoms with van der Waals surface area (Å²) in [6, 6.07) is 13.6. The average Bonchev–Trinajstić information content (AvgIpc) is 2.51. The molecule has 100 valence electrons. The van der Waals surface area contributed by atoms with Crippen molar-refractivity contribution in [1.29, 1.82) is 0 Å². The zero-order valence-electron chi connectivity index (χ0n) is 10.8. The summed E-state index contributed by atoms with van der Waals surface area (Å²) in [5.41, 5.74) is 1.37. The van der Waals surface area contributed by atoms with Crippen molar-refractivity contribution in [2.75, 3.05) is 7.11 Å². The van der Waals surface area contributed by atoms with Gasteiger partial charge in [-0.3, -0.25) is 4.79 Å². The number of esters is 1. The fourth-order valence-corrected chi connectivity index (χ4v) is 2.24. The summed E-state index contributed by atoms with van der Waals surface area (Å²) in [4.78, 5) is 24.3. The predicted molar refractivity (Wildman–Crippen MR) is 71.9 cm³/mol. The molecule has 0 N–H and O–H groups in total. The number of cyclic esters (lactones) is 1. The molecule has 2 aromatic rings. The Morgan fingerprint density at radius 3 is 2.25 bits per heavy atom. The minimum absolute atomic E-state index is 0.203. The van der Waals surface area contributed by atoms with E-state index < -0.39 is 12.1 Å². The zero-order chi connectivity index (χ0) is 14.1. The van der Waals surface area contributed by atoms with Gasteiger partial charge >= 0.3 is 5.97 Å². The molecule has 3 rings (SSSR count). The SMILES string of the molecule is COc1ccc([C@H]2OC(=O)c3ccccc3C2=O)cc1. The Morgan fingerprint density at radius 2 is 1.60 bits per heavy atom. The molecule has 20 heavy (non-hydrogen) atoms. The van der Waals surface area contributed by atoms with Gasteiger partial charge in [0.1, 0.15) is 5.75 Å². The second-order valence-electron chi connectivity index (χ2n) is 4.47. The second-order valence-corrected chi connectivity index (χ2v) is 4.47. The maximum atomic E-state index is 12.4. The summed E-state index contributed by atoms with van der Waals surface area (Å²) in [6.45, 7) is 0. The van der Waals surface area contributed by atoms with Crippen molar-refractivity contribution < 1.29 is 19.1 Å². The number of ketones is 1. The molecule has 1 aliphatic rings. The van der Waals surface area contributed by atoms with Crippen molar-refractivity contribution in [3.63, 3.8) is 0 Å². The predicted octanol–water partition coefficient (Wildman–Crippen LogP) is 2.79. The van der Waals surface area contributed by atoms with Crippen LogP contribution in [0.5, 0.6) is 5.75 Å². The number of Topliss-reactive ketones (excluding diaryl/α,β-unsaturated/α-hetero) is 1. The number of benzene rings is 2. The van der Waals surface area contributed by atoms with Crippen molar-refractivity contribution in [2.45, 2.75) is 6.10 Å². The molecule has 1 atom stereocenters. The van der Waals surface area contributed by atoms with Gasteiger partial charge in [0.05, 0.1) is 12.7 Å². The highest BCUT2D eigenvalue weighted by Gasteiger charge is 2.34. The summed E-state index contributed by atoms with van der Waals surface area (Å²) in [7, 11) is 1.57. The standard InChI is InChI=1S/C16H12O4/c1-19-11-8-6-10(7-9-11)15-14(17)12-4-2-3-5-13(12)16(18)20-15/h2-9,15H,1H3/t15-/m1/s1. The maximum absolute atomic E-state index is 12.4. The Balaban J connectivity index is 2.00. The first-order valence-corrected chi connectivity index (χ1v) is 6.19. The van der Waals surface area contributed by atoms with Crippen LogP contribution in [0.15, 0.2) is 48.5 Å². The van der Waals surface area contributed by atoms with Crippen molar-refractivity contribution in [1.82, 2.24) is 0 Å². The molecule has 1 heterocycles. The molecule has 0 amide bonds. The van der Waals surface area contributed by atoms with Crippen molar-refractivity contribution in [2.24, 2.45) is 0 Å². The number of rotatable bonds is 2. The first kappa shape index (κ1) is 12.4. The van der Waals surface area contributed by atoms with Gasteiger partial charge in [-0.2, -0.15) is 0 Å². The maximum Gasteiger partial charge on any atom is 0.339 e. The van der Waals surface area contributed by atoms with Crippen molar-refractivity contribution in [3.8, 4) is 5.75 Å². The monoisotopic (exact) mass is 268 g/mol.